The Kier molecular flexibility index (Phi) is 13.9. The van der Waals surface area contributed by atoms with Crippen molar-refractivity contribution in [2.24, 2.45) is 0 Å². The maximum Gasteiger partial charge on any atom is 0.161 e. The average Bonchev–Trinajstić information content (AvgIpc) is 3.80. The highest BCUT2D eigenvalue weighted by Gasteiger charge is 2.44. The molecule has 2 aliphatic heterocycles. The topological polar surface area (TPSA) is 25.0 Å². The number of hydrogen-bond acceptors (Lipinski definition) is 5. The number of nitrogens with zero attached hydrogens (tertiary/aromatic N) is 4. The summed E-state index contributed by atoms with van der Waals surface area (Å²) in [5, 5.41) is 4.61. The molecule has 1 N–H and O–H groups in total. The zero-order valence-electron chi connectivity index (χ0n) is 39.8. The fourth-order valence-corrected chi connectivity index (χ4v) is 10.1. The smallest absolute Gasteiger partial charge is 0.161 e. The van der Waals surface area contributed by atoms with Crippen molar-refractivity contribution in [1.29, 1.82) is 0 Å². The first-order chi connectivity index (χ1) is 28.0. The van der Waals surface area contributed by atoms with E-state index in [1.807, 2.05) is 0 Å². The van der Waals surface area contributed by atoms with Crippen LogP contribution in [-0.4, -0.2) is 38.8 Å². The predicted molar refractivity (Wildman–Crippen MR) is 259 cm³/mol. The van der Waals surface area contributed by atoms with Gasteiger partial charge < -0.3 is 19.6 Å². The first-order valence-electron chi connectivity index (χ1n) is 23.3. The molecule has 0 atom stereocenters. The molecule has 320 valence electrons. The highest BCUT2D eigenvalue weighted by atomic mass is 15.6. The highest BCUT2D eigenvalue weighted by molar-refractivity contribution is 5.72. The zero-order valence-corrected chi connectivity index (χ0v) is 39.8. The van der Waals surface area contributed by atoms with Crippen molar-refractivity contribution in [1.82, 2.24) is 5.32 Å². The van der Waals surface area contributed by atoms with Gasteiger partial charge in [0.25, 0.3) is 0 Å². The Hall–Kier alpha value is -3.96. The zero-order chi connectivity index (χ0) is 43.0. The first-order valence-corrected chi connectivity index (χ1v) is 23.3. The predicted octanol–water partition coefficient (Wildman–Crippen LogP) is 14.2. The van der Waals surface area contributed by atoms with Crippen LogP contribution in [0.1, 0.15) is 203 Å². The molecule has 0 spiro atoms. The van der Waals surface area contributed by atoms with Crippen molar-refractivity contribution in [3.05, 3.63) is 117 Å². The van der Waals surface area contributed by atoms with Crippen molar-refractivity contribution in [3.63, 3.8) is 0 Å². The van der Waals surface area contributed by atoms with Gasteiger partial charge in [0.15, 0.2) is 12.6 Å². The normalized spacial score (nSPS) is 15.9. The summed E-state index contributed by atoms with van der Waals surface area (Å²) in [6.45, 7) is 41.7. The van der Waals surface area contributed by atoms with Gasteiger partial charge in [-0.15, -0.1) is 0 Å². The van der Waals surface area contributed by atoms with Gasteiger partial charge >= 0.3 is 0 Å². The summed E-state index contributed by atoms with van der Waals surface area (Å²) < 4.78 is 0. The minimum absolute atomic E-state index is 0.0969. The lowest BCUT2D eigenvalue weighted by molar-refractivity contribution is 0.436. The third-order valence-electron chi connectivity index (χ3n) is 13.2. The van der Waals surface area contributed by atoms with E-state index in [4.69, 9.17) is 0 Å². The molecule has 0 unspecified atom stereocenters. The van der Waals surface area contributed by atoms with E-state index in [9.17, 15) is 0 Å². The maximum absolute atomic E-state index is 4.61. The highest BCUT2D eigenvalue weighted by Crippen LogP contribution is 2.46. The van der Waals surface area contributed by atoms with E-state index < -0.39 is 0 Å². The van der Waals surface area contributed by atoms with Crippen molar-refractivity contribution in [3.8, 4) is 0 Å². The van der Waals surface area contributed by atoms with Gasteiger partial charge in [-0.2, -0.15) is 0 Å². The van der Waals surface area contributed by atoms with E-state index in [-0.39, 0.29) is 12.6 Å². The van der Waals surface area contributed by atoms with Crippen LogP contribution in [0.15, 0.2) is 72.8 Å². The molecule has 4 aromatic rings. The summed E-state index contributed by atoms with van der Waals surface area (Å²) in [7, 11) is 0. The lowest BCUT2D eigenvalue weighted by Crippen LogP contribution is -2.62. The number of rotatable bonds is 14. The quantitative estimate of drug-likeness (QED) is 0.137. The number of anilines is 4. The van der Waals surface area contributed by atoms with Crippen molar-refractivity contribution in [2.75, 3.05) is 45.8 Å². The summed E-state index contributed by atoms with van der Waals surface area (Å²) in [5.41, 5.74) is 17.1. The standard InChI is InChI=1S/C54H79N5/c1-33(2)41-21-17-22-42(34(3)4)49(41)56-29-30-57(50-43(35(5)6)23-18-24-44(50)36(7)8)53(56)55-54-58(51-45(37(9)10)25-19-26-46(51)38(11)12)31-32-59(54)52-47(39(13)14)27-20-28-48(52)40(15)16/h17-28,33-40,53-55H,29-32H2,1-16H3. The molecule has 0 amide bonds. The first kappa shape index (κ1) is 44.6. The summed E-state index contributed by atoms with van der Waals surface area (Å²) >= 11 is 0. The molecule has 2 aliphatic rings. The maximum atomic E-state index is 4.61. The van der Waals surface area contributed by atoms with Crippen LogP contribution in [0.5, 0.6) is 0 Å². The van der Waals surface area contributed by atoms with Crippen LogP contribution in [0.25, 0.3) is 0 Å². The van der Waals surface area contributed by atoms with Crippen LogP contribution in [0.2, 0.25) is 0 Å². The molecule has 0 radical (unpaired) electrons. The molecule has 2 saturated heterocycles. The minimum Gasteiger partial charge on any atom is -0.336 e. The van der Waals surface area contributed by atoms with E-state index >= 15 is 0 Å². The molecule has 59 heavy (non-hydrogen) atoms. The second-order valence-corrected chi connectivity index (χ2v) is 20.1. The fraction of sp³-hybridized carbons (Fsp3) is 0.556. The monoisotopic (exact) mass is 798 g/mol. The molecule has 2 heterocycles. The molecule has 5 nitrogen and oxygen atoms in total. The van der Waals surface area contributed by atoms with E-state index in [1.54, 1.807) is 0 Å². The van der Waals surface area contributed by atoms with Crippen LogP contribution in [0, 0.1) is 0 Å². The molecule has 6 rings (SSSR count). The molecular weight excluding hydrogens is 719 g/mol. The van der Waals surface area contributed by atoms with Gasteiger partial charge in [0, 0.05) is 48.9 Å². The molecular formula is C54H79N5. The van der Waals surface area contributed by atoms with Gasteiger partial charge in [-0.1, -0.05) is 184 Å². The Balaban J connectivity index is 1.67. The lowest BCUT2D eigenvalue weighted by Gasteiger charge is -2.44. The SMILES string of the molecule is CC(C)c1cccc(C(C)C)c1N1CCN(c2c(C(C)C)cccc2C(C)C)C1NC1N(c2c(C(C)C)cccc2C(C)C)CCN1c1c(C(C)C)cccc1C(C)C. The Morgan fingerprint density at radius 1 is 0.305 bits per heavy atom. The second kappa shape index (κ2) is 18.3. The molecule has 0 aliphatic carbocycles. The van der Waals surface area contributed by atoms with Crippen LogP contribution in [0.4, 0.5) is 22.7 Å². The van der Waals surface area contributed by atoms with E-state index in [1.165, 1.54) is 67.3 Å². The van der Waals surface area contributed by atoms with E-state index in [0.29, 0.717) is 47.3 Å². The van der Waals surface area contributed by atoms with Crippen molar-refractivity contribution >= 4 is 22.7 Å². The third kappa shape index (κ3) is 8.65. The molecule has 4 aromatic carbocycles. The van der Waals surface area contributed by atoms with E-state index in [0.717, 1.165) is 26.2 Å². The second-order valence-electron chi connectivity index (χ2n) is 20.1. The van der Waals surface area contributed by atoms with Gasteiger partial charge in [0.1, 0.15) is 0 Å². The van der Waals surface area contributed by atoms with Gasteiger partial charge in [-0.25, -0.2) is 5.32 Å². The summed E-state index contributed by atoms with van der Waals surface area (Å²) in [4.78, 5) is 11.1. The number of nitrogens with one attached hydrogen (secondary N) is 1. The Morgan fingerprint density at radius 3 is 0.593 bits per heavy atom. The van der Waals surface area contributed by atoms with Crippen LogP contribution in [-0.2, 0) is 0 Å². The Morgan fingerprint density at radius 2 is 0.458 bits per heavy atom. The largest absolute Gasteiger partial charge is 0.336 e. The van der Waals surface area contributed by atoms with Gasteiger partial charge in [-0.3, -0.25) is 0 Å². The molecule has 5 heteroatoms. The third-order valence-corrected chi connectivity index (χ3v) is 13.2. The summed E-state index contributed by atoms with van der Waals surface area (Å²) in [5.74, 6) is 3.15. The molecule has 0 bridgehead atoms. The lowest BCUT2D eigenvalue weighted by atomic mass is 9.91. The number of para-hydroxylation sites is 4. The van der Waals surface area contributed by atoms with Gasteiger partial charge in [0.2, 0.25) is 0 Å². The minimum atomic E-state index is -0.0969. The molecule has 0 aromatic heterocycles. The summed E-state index contributed by atoms with van der Waals surface area (Å²) in [6, 6.07) is 28.3. The van der Waals surface area contributed by atoms with Gasteiger partial charge in [0.05, 0.1) is 0 Å². The Labute approximate surface area is 360 Å². The fourth-order valence-electron chi connectivity index (χ4n) is 10.1. The molecule has 2 fully saturated rings. The van der Waals surface area contributed by atoms with Gasteiger partial charge in [-0.05, 0) is 91.9 Å². The average molecular weight is 798 g/mol. The number of hydrogen-bond donors (Lipinski definition) is 1. The van der Waals surface area contributed by atoms with Crippen LogP contribution in [0.3, 0.4) is 0 Å². The van der Waals surface area contributed by atoms with E-state index in [2.05, 4.69) is 208 Å². The van der Waals surface area contributed by atoms with Crippen molar-refractivity contribution < 1.29 is 0 Å². The molecule has 0 saturated carbocycles. The van der Waals surface area contributed by atoms with Crippen molar-refractivity contribution in [2.45, 2.75) is 171 Å². The summed E-state index contributed by atoms with van der Waals surface area (Å²) in [6.07, 6.45) is -0.194. The van der Waals surface area contributed by atoms with Crippen LogP contribution >= 0.6 is 0 Å². The van der Waals surface area contributed by atoms with Crippen LogP contribution < -0.4 is 24.9 Å². The Bertz CT molecular complexity index is 1640. The number of benzene rings is 4.